The van der Waals surface area contributed by atoms with Crippen LogP contribution in [0.2, 0.25) is 0 Å². The van der Waals surface area contributed by atoms with E-state index in [0.29, 0.717) is 13.0 Å². The van der Waals surface area contributed by atoms with E-state index in [1.54, 1.807) is 14.2 Å². The van der Waals surface area contributed by atoms with Crippen molar-refractivity contribution in [2.75, 3.05) is 34.4 Å². The lowest BCUT2D eigenvalue weighted by Crippen LogP contribution is -2.56. The number of rotatable bonds is 2. The van der Waals surface area contributed by atoms with Gasteiger partial charge in [0.05, 0.1) is 0 Å². The molecule has 1 unspecified atom stereocenters. The van der Waals surface area contributed by atoms with Gasteiger partial charge in [-0.3, -0.25) is 0 Å². The average molecular weight is 175 g/mol. The minimum atomic E-state index is -0.785. The second-order valence-corrected chi connectivity index (χ2v) is 3.25. The van der Waals surface area contributed by atoms with Gasteiger partial charge >= 0.3 is 0 Å². The molecular weight excluding hydrogens is 158 g/mol. The summed E-state index contributed by atoms with van der Waals surface area (Å²) in [7, 11) is 5.11. The van der Waals surface area contributed by atoms with Gasteiger partial charge in [0.25, 0.3) is 0 Å². The van der Waals surface area contributed by atoms with Gasteiger partial charge in [0.2, 0.25) is 0 Å². The first-order chi connectivity index (χ1) is 5.64. The van der Waals surface area contributed by atoms with Crippen LogP contribution in [0.15, 0.2) is 0 Å². The second kappa shape index (κ2) is 3.70. The fourth-order valence-corrected chi connectivity index (χ4v) is 1.60. The van der Waals surface area contributed by atoms with E-state index in [0.717, 1.165) is 6.54 Å². The number of aliphatic hydroxyl groups is 1. The monoisotopic (exact) mass is 175 g/mol. The lowest BCUT2D eigenvalue weighted by atomic mass is 10.0. The number of nitrogens with zero attached hydrogens (tertiary/aromatic N) is 1. The molecule has 72 valence electrons. The SMILES string of the molecule is COC1(OC)CCN(C)CC1O. The van der Waals surface area contributed by atoms with Gasteiger partial charge in [-0.1, -0.05) is 0 Å². The topological polar surface area (TPSA) is 41.9 Å². The fraction of sp³-hybridized carbons (Fsp3) is 1.00. The molecule has 4 heteroatoms. The van der Waals surface area contributed by atoms with E-state index in [2.05, 4.69) is 4.90 Å². The molecule has 1 saturated heterocycles. The van der Waals surface area contributed by atoms with E-state index < -0.39 is 11.9 Å². The van der Waals surface area contributed by atoms with Gasteiger partial charge in [-0.25, -0.2) is 0 Å². The predicted octanol–water partition coefficient (Wildman–Crippen LogP) is -0.328. The van der Waals surface area contributed by atoms with Crippen molar-refractivity contribution in [1.29, 1.82) is 0 Å². The molecule has 0 aromatic carbocycles. The van der Waals surface area contributed by atoms with Crippen LogP contribution in [0.25, 0.3) is 0 Å². The Morgan fingerprint density at radius 2 is 2.00 bits per heavy atom. The third-order valence-corrected chi connectivity index (χ3v) is 2.53. The lowest BCUT2D eigenvalue weighted by Gasteiger charge is -2.42. The largest absolute Gasteiger partial charge is 0.386 e. The van der Waals surface area contributed by atoms with Gasteiger partial charge in [-0.15, -0.1) is 0 Å². The first-order valence-corrected chi connectivity index (χ1v) is 4.11. The third kappa shape index (κ3) is 1.61. The molecule has 0 aromatic rings. The summed E-state index contributed by atoms with van der Waals surface area (Å²) in [5, 5.41) is 9.70. The average Bonchev–Trinajstić information content (AvgIpc) is 2.06. The summed E-state index contributed by atoms with van der Waals surface area (Å²) in [4.78, 5) is 2.06. The number of hydrogen-bond acceptors (Lipinski definition) is 4. The lowest BCUT2D eigenvalue weighted by molar-refractivity contribution is -0.277. The molecular formula is C8H17NO3. The smallest absolute Gasteiger partial charge is 0.196 e. The van der Waals surface area contributed by atoms with Crippen molar-refractivity contribution in [2.24, 2.45) is 0 Å². The first-order valence-electron chi connectivity index (χ1n) is 4.11. The van der Waals surface area contributed by atoms with E-state index in [1.165, 1.54) is 0 Å². The zero-order valence-electron chi connectivity index (χ0n) is 7.91. The summed E-state index contributed by atoms with van der Waals surface area (Å²) >= 11 is 0. The summed E-state index contributed by atoms with van der Waals surface area (Å²) in [6, 6.07) is 0. The minimum absolute atomic E-state index is 0.564. The normalized spacial score (nSPS) is 30.5. The van der Waals surface area contributed by atoms with Gasteiger partial charge < -0.3 is 19.5 Å². The van der Waals surface area contributed by atoms with Gasteiger partial charge in [0, 0.05) is 33.7 Å². The number of piperidine rings is 1. The Labute approximate surface area is 73.1 Å². The van der Waals surface area contributed by atoms with Crippen molar-refractivity contribution in [3.8, 4) is 0 Å². The number of β-amino-alcohol motifs (C(OH)–C–C–N with tert-alkyl or cyclic N) is 1. The highest BCUT2D eigenvalue weighted by Crippen LogP contribution is 2.25. The van der Waals surface area contributed by atoms with Crippen LogP contribution in [0, 0.1) is 0 Å². The molecule has 0 spiro atoms. The van der Waals surface area contributed by atoms with E-state index in [9.17, 15) is 5.11 Å². The standard InChI is InChI=1S/C8H17NO3/c1-9-5-4-8(11-2,12-3)7(10)6-9/h7,10H,4-6H2,1-3H3. The van der Waals surface area contributed by atoms with E-state index in [4.69, 9.17) is 9.47 Å². The van der Waals surface area contributed by atoms with Crippen molar-refractivity contribution >= 4 is 0 Å². The maximum atomic E-state index is 9.70. The minimum Gasteiger partial charge on any atom is -0.386 e. The molecule has 1 rings (SSSR count). The summed E-state index contributed by atoms with van der Waals surface area (Å²) in [6.07, 6.45) is 0.142. The van der Waals surface area contributed by atoms with Crippen LogP contribution >= 0.6 is 0 Å². The molecule has 1 atom stereocenters. The van der Waals surface area contributed by atoms with Crippen molar-refractivity contribution < 1.29 is 14.6 Å². The van der Waals surface area contributed by atoms with Gasteiger partial charge in [-0.2, -0.15) is 0 Å². The summed E-state index contributed by atoms with van der Waals surface area (Å²) in [6.45, 7) is 1.49. The summed E-state index contributed by atoms with van der Waals surface area (Å²) < 4.78 is 10.4. The molecule has 12 heavy (non-hydrogen) atoms. The Balaban J connectivity index is 2.64. The Hall–Kier alpha value is -0.160. The highest BCUT2D eigenvalue weighted by molar-refractivity contribution is 4.86. The number of aliphatic hydroxyl groups excluding tert-OH is 1. The molecule has 0 radical (unpaired) electrons. The molecule has 1 fully saturated rings. The van der Waals surface area contributed by atoms with Crippen molar-refractivity contribution in [3.63, 3.8) is 0 Å². The van der Waals surface area contributed by atoms with E-state index >= 15 is 0 Å². The Morgan fingerprint density at radius 1 is 1.42 bits per heavy atom. The Morgan fingerprint density at radius 3 is 2.42 bits per heavy atom. The molecule has 0 aromatic heterocycles. The van der Waals surface area contributed by atoms with Crippen LogP contribution in [0.3, 0.4) is 0 Å². The van der Waals surface area contributed by atoms with E-state index in [-0.39, 0.29) is 0 Å². The Bertz CT molecular complexity index is 147. The van der Waals surface area contributed by atoms with E-state index in [1.807, 2.05) is 7.05 Å². The highest BCUT2D eigenvalue weighted by atomic mass is 16.7. The molecule has 1 N–H and O–H groups in total. The number of ether oxygens (including phenoxy) is 2. The molecule has 0 bridgehead atoms. The van der Waals surface area contributed by atoms with Crippen molar-refractivity contribution in [2.45, 2.75) is 18.3 Å². The van der Waals surface area contributed by atoms with Crippen LogP contribution < -0.4 is 0 Å². The van der Waals surface area contributed by atoms with Crippen LogP contribution in [-0.4, -0.2) is 56.3 Å². The van der Waals surface area contributed by atoms with Crippen molar-refractivity contribution in [3.05, 3.63) is 0 Å². The van der Waals surface area contributed by atoms with Gasteiger partial charge in [0.15, 0.2) is 5.79 Å². The van der Waals surface area contributed by atoms with Crippen LogP contribution in [0.4, 0.5) is 0 Å². The molecule has 1 aliphatic rings. The van der Waals surface area contributed by atoms with Gasteiger partial charge in [0.1, 0.15) is 6.10 Å². The zero-order valence-corrected chi connectivity index (χ0v) is 7.91. The zero-order chi connectivity index (χ0) is 9.19. The first kappa shape index (κ1) is 9.92. The maximum Gasteiger partial charge on any atom is 0.196 e. The number of hydrogen-bond donors (Lipinski definition) is 1. The summed E-state index contributed by atoms with van der Waals surface area (Å²) in [5.74, 6) is -0.785. The molecule has 0 aliphatic carbocycles. The van der Waals surface area contributed by atoms with Crippen LogP contribution in [-0.2, 0) is 9.47 Å². The predicted molar refractivity (Wildman–Crippen MR) is 44.9 cm³/mol. The highest BCUT2D eigenvalue weighted by Gasteiger charge is 2.41. The summed E-state index contributed by atoms with van der Waals surface area (Å²) in [5.41, 5.74) is 0. The van der Waals surface area contributed by atoms with Crippen LogP contribution in [0.5, 0.6) is 0 Å². The molecule has 0 saturated carbocycles. The van der Waals surface area contributed by atoms with Crippen LogP contribution in [0.1, 0.15) is 6.42 Å². The number of likely N-dealkylation sites (tertiary alicyclic amines) is 1. The number of likely N-dealkylation sites (N-methyl/N-ethyl adjacent to an activating group) is 1. The van der Waals surface area contributed by atoms with Gasteiger partial charge in [-0.05, 0) is 7.05 Å². The van der Waals surface area contributed by atoms with Crippen molar-refractivity contribution in [1.82, 2.24) is 4.90 Å². The maximum absolute atomic E-state index is 9.70. The quantitative estimate of drug-likeness (QED) is 0.584. The number of methoxy groups -OCH3 is 2. The molecule has 1 heterocycles. The third-order valence-electron chi connectivity index (χ3n) is 2.53. The fourth-order valence-electron chi connectivity index (χ4n) is 1.60. The molecule has 4 nitrogen and oxygen atoms in total. The second-order valence-electron chi connectivity index (χ2n) is 3.25. The molecule has 0 amide bonds. The molecule has 1 aliphatic heterocycles. The Kier molecular flexibility index (Phi) is 3.06.